The zero-order valence-electron chi connectivity index (χ0n) is 26.4. The van der Waals surface area contributed by atoms with Crippen molar-refractivity contribution in [2.45, 2.75) is 115 Å². The molecule has 2 aliphatic heterocycles. The highest BCUT2D eigenvalue weighted by molar-refractivity contribution is 7.09. The number of amides is 5. The fraction of sp³-hybridized carbons (Fsp3) is 0.758. The topological polar surface area (TPSA) is 123 Å². The number of nitrogens with zero attached hydrogens (tertiary/aromatic N) is 2. The van der Waals surface area contributed by atoms with Crippen LogP contribution in [0, 0.1) is 11.3 Å². The van der Waals surface area contributed by atoms with Crippen LogP contribution in [-0.4, -0.2) is 84.4 Å². The lowest BCUT2D eigenvalue weighted by atomic mass is 9.89. The molecule has 4 N–H and O–H groups in total. The zero-order chi connectivity index (χ0) is 30.9. The van der Waals surface area contributed by atoms with Crippen LogP contribution in [0.15, 0.2) is 17.5 Å². The Labute approximate surface area is 266 Å². The van der Waals surface area contributed by atoms with Crippen molar-refractivity contribution in [3.8, 4) is 0 Å². The lowest BCUT2D eigenvalue weighted by Gasteiger charge is -2.41. The van der Waals surface area contributed by atoms with Crippen LogP contribution in [0.1, 0.15) is 95.3 Å². The van der Waals surface area contributed by atoms with E-state index < -0.39 is 5.92 Å². The Morgan fingerprint density at radius 1 is 0.955 bits per heavy atom. The molecule has 244 valence electrons. The lowest BCUT2D eigenvalue weighted by molar-refractivity contribution is -0.138. The Bertz CT molecular complexity index is 1110. The largest absolute Gasteiger partial charge is 0.356 e. The van der Waals surface area contributed by atoms with Gasteiger partial charge in [-0.15, -0.1) is 11.3 Å². The van der Waals surface area contributed by atoms with E-state index in [0.29, 0.717) is 43.9 Å². The number of hydrogen-bond acceptors (Lipinski definition) is 6. The summed E-state index contributed by atoms with van der Waals surface area (Å²) in [5, 5.41) is 14.8. The third-order valence-corrected chi connectivity index (χ3v) is 11.2. The fourth-order valence-electron chi connectivity index (χ4n) is 7.21. The fourth-order valence-corrected chi connectivity index (χ4v) is 7.85. The van der Waals surface area contributed by atoms with Crippen LogP contribution >= 0.6 is 11.3 Å². The summed E-state index contributed by atoms with van der Waals surface area (Å²) in [5.74, 6) is -0.639. The van der Waals surface area contributed by atoms with Crippen molar-refractivity contribution >= 4 is 35.1 Å². The summed E-state index contributed by atoms with van der Waals surface area (Å²) in [5.41, 5.74) is 0.485. The van der Waals surface area contributed by atoms with Crippen LogP contribution in [0.25, 0.3) is 0 Å². The van der Waals surface area contributed by atoms with Crippen LogP contribution in [0.3, 0.4) is 0 Å². The lowest BCUT2D eigenvalue weighted by Crippen LogP contribution is -2.61. The van der Waals surface area contributed by atoms with Gasteiger partial charge in [-0.25, -0.2) is 4.79 Å². The van der Waals surface area contributed by atoms with Crippen molar-refractivity contribution in [1.29, 1.82) is 0 Å². The van der Waals surface area contributed by atoms with Crippen molar-refractivity contribution in [3.63, 3.8) is 0 Å². The molecule has 2 saturated carbocycles. The molecule has 1 unspecified atom stereocenters. The molecule has 0 aromatic carbocycles. The Morgan fingerprint density at radius 3 is 2.41 bits per heavy atom. The molecule has 3 heterocycles. The molecule has 4 aliphatic rings. The number of urea groups is 1. The molecule has 1 aromatic heterocycles. The number of hydrogen-bond donors (Lipinski definition) is 4. The normalized spacial score (nSPS) is 24.0. The summed E-state index contributed by atoms with van der Waals surface area (Å²) in [6.45, 7) is 4.91. The molecular weight excluding hydrogens is 576 g/mol. The van der Waals surface area contributed by atoms with Crippen LogP contribution in [0.4, 0.5) is 4.79 Å². The second kappa shape index (κ2) is 15.6. The molecule has 3 atom stereocenters. The van der Waals surface area contributed by atoms with E-state index in [2.05, 4.69) is 21.3 Å². The van der Waals surface area contributed by atoms with Gasteiger partial charge in [0, 0.05) is 56.6 Å². The number of rotatable bonds is 12. The van der Waals surface area contributed by atoms with Crippen LogP contribution in [0.2, 0.25) is 0 Å². The van der Waals surface area contributed by atoms with Gasteiger partial charge in [0.05, 0.1) is 18.5 Å². The van der Waals surface area contributed by atoms with Gasteiger partial charge in [-0.2, -0.15) is 0 Å². The van der Waals surface area contributed by atoms with Gasteiger partial charge in [0.1, 0.15) is 0 Å². The van der Waals surface area contributed by atoms with Crippen LogP contribution < -0.4 is 21.3 Å². The molecule has 10 nitrogen and oxygen atoms in total. The predicted octanol–water partition coefficient (Wildman–Crippen LogP) is 3.76. The molecular formula is C33H52N6O4S. The van der Waals surface area contributed by atoms with Gasteiger partial charge >= 0.3 is 6.03 Å². The maximum Gasteiger partial charge on any atom is 0.317 e. The summed E-state index contributed by atoms with van der Waals surface area (Å²) >= 11 is 1.60. The molecule has 1 spiro atoms. The Balaban J connectivity index is 1.22. The van der Waals surface area contributed by atoms with Crippen molar-refractivity contribution in [1.82, 2.24) is 31.1 Å². The Morgan fingerprint density at radius 2 is 1.73 bits per heavy atom. The first-order valence-corrected chi connectivity index (χ1v) is 17.8. The van der Waals surface area contributed by atoms with Gasteiger partial charge < -0.3 is 31.1 Å². The molecule has 11 heteroatoms. The van der Waals surface area contributed by atoms with Gasteiger partial charge in [-0.05, 0) is 81.1 Å². The molecule has 5 rings (SSSR count). The highest BCUT2D eigenvalue weighted by atomic mass is 32.1. The number of nitrogens with one attached hydrogen (secondary N) is 4. The van der Waals surface area contributed by atoms with E-state index in [4.69, 9.17) is 0 Å². The van der Waals surface area contributed by atoms with Crippen molar-refractivity contribution < 1.29 is 19.2 Å². The van der Waals surface area contributed by atoms with Gasteiger partial charge in [0.15, 0.2) is 0 Å². The SMILES string of the molecule is CC(=O)NCCCCC(NC1CCCCC1)C(=O)N1CC[C@@H](NC(=O)N2CCC3(CC2)CC3)[C@@H](C(=O)NCc2cccs2)C1. The second-order valence-corrected chi connectivity index (χ2v) is 14.6. The van der Waals surface area contributed by atoms with Crippen molar-refractivity contribution in [2.24, 2.45) is 11.3 Å². The first-order valence-electron chi connectivity index (χ1n) is 17.0. The average molecular weight is 629 g/mol. The average Bonchev–Trinajstić information content (AvgIpc) is 3.56. The monoisotopic (exact) mass is 628 g/mol. The molecule has 1 aromatic rings. The molecule has 44 heavy (non-hydrogen) atoms. The summed E-state index contributed by atoms with van der Waals surface area (Å²) < 4.78 is 0. The molecule has 5 amide bonds. The number of unbranched alkanes of at least 4 members (excludes halogenated alkanes) is 1. The maximum atomic E-state index is 14.1. The highest BCUT2D eigenvalue weighted by Crippen LogP contribution is 2.53. The Hall–Kier alpha value is -2.66. The summed E-state index contributed by atoms with van der Waals surface area (Å²) in [7, 11) is 0. The minimum absolute atomic E-state index is 0.0385. The summed E-state index contributed by atoms with van der Waals surface area (Å²) in [4.78, 5) is 57.2. The first-order chi connectivity index (χ1) is 21.3. The number of thiophene rings is 1. The number of piperidine rings is 2. The molecule has 2 saturated heterocycles. The van der Waals surface area contributed by atoms with Crippen LogP contribution in [-0.2, 0) is 20.9 Å². The molecule has 0 radical (unpaired) electrons. The van der Waals surface area contributed by atoms with E-state index in [1.165, 1.54) is 39.0 Å². The van der Waals surface area contributed by atoms with E-state index in [9.17, 15) is 19.2 Å². The quantitative estimate of drug-likeness (QED) is 0.263. The van der Waals surface area contributed by atoms with Gasteiger partial charge in [0.25, 0.3) is 0 Å². The van der Waals surface area contributed by atoms with E-state index in [1.54, 1.807) is 11.3 Å². The second-order valence-electron chi connectivity index (χ2n) is 13.6. The number of carbonyl (C=O) groups is 4. The van der Waals surface area contributed by atoms with E-state index >= 15 is 0 Å². The highest BCUT2D eigenvalue weighted by Gasteiger charge is 2.46. The van der Waals surface area contributed by atoms with Gasteiger partial charge in [-0.3, -0.25) is 14.4 Å². The molecule has 4 fully saturated rings. The third-order valence-electron chi connectivity index (χ3n) is 10.3. The van der Waals surface area contributed by atoms with Crippen LogP contribution in [0.5, 0.6) is 0 Å². The van der Waals surface area contributed by atoms with E-state index in [-0.39, 0.29) is 42.4 Å². The number of likely N-dealkylation sites (tertiary alicyclic amines) is 2. The van der Waals surface area contributed by atoms with E-state index in [0.717, 1.165) is 56.5 Å². The van der Waals surface area contributed by atoms with Crippen molar-refractivity contribution in [3.05, 3.63) is 22.4 Å². The zero-order valence-corrected chi connectivity index (χ0v) is 27.2. The third kappa shape index (κ3) is 9.19. The van der Waals surface area contributed by atoms with E-state index in [1.807, 2.05) is 27.3 Å². The Kier molecular flexibility index (Phi) is 11.6. The van der Waals surface area contributed by atoms with Gasteiger partial charge in [0.2, 0.25) is 17.7 Å². The standard InChI is InChI=1S/C33H52N6O4S/c1-24(40)34-17-6-5-11-29(36-25-8-3-2-4-9-25)31(42)39-18-12-28(27(23-39)30(41)35-22-26-10-7-21-44-26)37-32(43)38-19-15-33(13-14-33)16-20-38/h7,10,21,25,27-29,36H,2-6,8-9,11-20,22-23H2,1H3,(H,34,40)(H,35,41)(H,37,43)/t27-,28+,29?/m0/s1. The summed E-state index contributed by atoms with van der Waals surface area (Å²) in [6.07, 6.45) is 13.3. The smallest absolute Gasteiger partial charge is 0.317 e. The predicted molar refractivity (Wildman–Crippen MR) is 172 cm³/mol. The summed E-state index contributed by atoms with van der Waals surface area (Å²) in [6, 6.07) is 3.56. The maximum absolute atomic E-state index is 14.1. The van der Waals surface area contributed by atoms with Gasteiger partial charge in [-0.1, -0.05) is 25.3 Å². The minimum Gasteiger partial charge on any atom is -0.356 e. The molecule has 0 bridgehead atoms. The minimum atomic E-state index is -0.522. The first kappa shape index (κ1) is 32.7. The number of carbonyl (C=O) groups excluding carboxylic acids is 4. The molecule has 2 aliphatic carbocycles. The van der Waals surface area contributed by atoms with Crippen molar-refractivity contribution in [2.75, 3.05) is 32.7 Å².